The van der Waals surface area contributed by atoms with Gasteiger partial charge in [-0.25, -0.2) is 14.5 Å². The van der Waals surface area contributed by atoms with Crippen LogP contribution < -0.4 is 5.32 Å². The van der Waals surface area contributed by atoms with Crippen LogP contribution in [-0.4, -0.2) is 52.0 Å². The third kappa shape index (κ3) is 3.87. The molecule has 1 aliphatic heterocycles. The molecule has 0 saturated carbocycles. The van der Waals surface area contributed by atoms with Gasteiger partial charge in [0.1, 0.15) is 0 Å². The summed E-state index contributed by atoms with van der Waals surface area (Å²) in [5.74, 6) is 1.14. The number of hydrogen-bond acceptors (Lipinski definition) is 4. The zero-order valence-electron chi connectivity index (χ0n) is 13.2. The van der Waals surface area contributed by atoms with Crippen LogP contribution in [0.1, 0.15) is 13.3 Å². The van der Waals surface area contributed by atoms with Crippen molar-refractivity contribution in [2.24, 2.45) is 5.92 Å². The van der Waals surface area contributed by atoms with Gasteiger partial charge in [-0.3, -0.25) is 0 Å². The predicted octanol–water partition coefficient (Wildman–Crippen LogP) is 2.16. The Hall–Kier alpha value is -2.41. The van der Waals surface area contributed by atoms with E-state index in [9.17, 15) is 4.79 Å². The first-order chi connectivity index (χ1) is 11.3. The number of nitrogens with zero attached hydrogens (tertiary/aromatic N) is 4. The van der Waals surface area contributed by atoms with Gasteiger partial charge >= 0.3 is 6.03 Å². The van der Waals surface area contributed by atoms with Crippen molar-refractivity contribution < 1.29 is 9.53 Å². The van der Waals surface area contributed by atoms with Gasteiger partial charge in [-0.05, 0) is 25.5 Å². The molecule has 23 heavy (non-hydrogen) atoms. The van der Waals surface area contributed by atoms with Gasteiger partial charge in [-0.2, -0.15) is 5.10 Å². The largest absolute Gasteiger partial charge is 0.381 e. The first-order valence-corrected chi connectivity index (χ1v) is 7.86. The summed E-state index contributed by atoms with van der Waals surface area (Å²) >= 11 is 0. The molecule has 0 bridgehead atoms. The van der Waals surface area contributed by atoms with Crippen LogP contribution in [0.3, 0.4) is 0 Å². The molecule has 1 saturated heterocycles. The number of likely N-dealkylation sites (tertiary alicyclic amines) is 1. The summed E-state index contributed by atoms with van der Waals surface area (Å²) in [5, 5.41) is 7.11. The van der Waals surface area contributed by atoms with E-state index in [0.717, 1.165) is 32.7 Å². The van der Waals surface area contributed by atoms with E-state index in [-0.39, 0.29) is 6.03 Å². The molecule has 3 rings (SSSR count). The highest BCUT2D eigenvalue weighted by Crippen LogP contribution is 2.18. The minimum Gasteiger partial charge on any atom is -0.381 e. The van der Waals surface area contributed by atoms with Gasteiger partial charge in [0.05, 0.1) is 24.7 Å². The molecule has 1 fully saturated rings. The summed E-state index contributed by atoms with van der Waals surface area (Å²) in [5.41, 5.74) is 0.661. The Labute approximate surface area is 135 Å². The van der Waals surface area contributed by atoms with Crippen LogP contribution in [0, 0.1) is 5.92 Å². The molecule has 2 amide bonds. The molecule has 0 spiro atoms. The monoisotopic (exact) mass is 315 g/mol. The first kappa shape index (κ1) is 15.5. The van der Waals surface area contributed by atoms with Crippen molar-refractivity contribution in [3.8, 4) is 5.82 Å². The standard InChI is InChI=1S/C16H21N5O2/c1-2-23-12-13-6-8-20(10-13)16(22)19-14-9-18-21(11-14)15-5-3-4-7-17-15/h3-5,7,9,11,13H,2,6,8,10,12H2,1H3,(H,19,22)/t13-/m0/s1. The van der Waals surface area contributed by atoms with Crippen LogP contribution in [-0.2, 0) is 4.74 Å². The van der Waals surface area contributed by atoms with Crippen LogP contribution in [0.2, 0.25) is 0 Å². The lowest BCUT2D eigenvalue weighted by Crippen LogP contribution is -2.33. The zero-order valence-corrected chi connectivity index (χ0v) is 13.2. The van der Waals surface area contributed by atoms with Crippen LogP contribution in [0.4, 0.5) is 10.5 Å². The Morgan fingerprint density at radius 1 is 1.48 bits per heavy atom. The molecule has 1 N–H and O–H groups in total. The highest BCUT2D eigenvalue weighted by molar-refractivity contribution is 5.89. The minimum absolute atomic E-state index is 0.0930. The lowest BCUT2D eigenvalue weighted by atomic mass is 10.1. The highest BCUT2D eigenvalue weighted by atomic mass is 16.5. The molecule has 0 radical (unpaired) electrons. The molecule has 2 aromatic heterocycles. The second kappa shape index (κ2) is 7.23. The second-order valence-electron chi connectivity index (χ2n) is 5.55. The van der Waals surface area contributed by atoms with E-state index in [1.807, 2.05) is 30.0 Å². The van der Waals surface area contributed by atoms with E-state index in [4.69, 9.17) is 4.74 Å². The van der Waals surface area contributed by atoms with E-state index < -0.39 is 0 Å². The Morgan fingerprint density at radius 2 is 2.39 bits per heavy atom. The molecule has 3 heterocycles. The van der Waals surface area contributed by atoms with Crippen molar-refractivity contribution in [1.29, 1.82) is 0 Å². The molecule has 0 aliphatic carbocycles. The maximum atomic E-state index is 12.3. The van der Waals surface area contributed by atoms with Gasteiger partial charge in [0.15, 0.2) is 5.82 Å². The van der Waals surface area contributed by atoms with E-state index >= 15 is 0 Å². The number of rotatable bonds is 5. The fraction of sp³-hybridized carbons (Fsp3) is 0.438. The number of nitrogens with one attached hydrogen (secondary N) is 1. The highest BCUT2D eigenvalue weighted by Gasteiger charge is 2.26. The van der Waals surface area contributed by atoms with Gasteiger partial charge < -0.3 is 15.0 Å². The summed E-state index contributed by atoms with van der Waals surface area (Å²) < 4.78 is 7.07. The molecular formula is C16H21N5O2. The van der Waals surface area contributed by atoms with Crippen molar-refractivity contribution in [3.05, 3.63) is 36.8 Å². The third-order valence-corrected chi connectivity index (χ3v) is 3.85. The third-order valence-electron chi connectivity index (χ3n) is 3.85. The van der Waals surface area contributed by atoms with E-state index in [2.05, 4.69) is 15.4 Å². The second-order valence-corrected chi connectivity index (χ2v) is 5.55. The average molecular weight is 315 g/mol. The average Bonchev–Trinajstić information content (AvgIpc) is 3.23. The van der Waals surface area contributed by atoms with Crippen molar-refractivity contribution >= 4 is 11.7 Å². The first-order valence-electron chi connectivity index (χ1n) is 7.86. The van der Waals surface area contributed by atoms with Crippen molar-refractivity contribution in [3.63, 3.8) is 0 Å². The van der Waals surface area contributed by atoms with Gasteiger partial charge in [0.2, 0.25) is 0 Å². The molecule has 122 valence electrons. The molecular weight excluding hydrogens is 294 g/mol. The van der Waals surface area contributed by atoms with Gasteiger partial charge in [0, 0.05) is 31.8 Å². The normalized spacial score (nSPS) is 17.4. The number of pyridine rings is 1. The predicted molar refractivity (Wildman–Crippen MR) is 86.6 cm³/mol. The quantitative estimate of drug-likeness (QED) is 0.917. The Morgan fingerprint density at radius 3 is 3.17 bits per heavy atom. The Kier molecular flexibility index (Phi) is 4.87. The summed E-state index contributed by atoms with van der Waals surface area (Å²) in [4.78, 5) is 18.3. The van der Waals surface area contributed by atoms with Gasteiger partial charge in [-0.1, -0.05) is 6.07 Å². The molecule has 0 aromatic carbocycles. The van der Waals surface area contributed by atoms with Crippen LogP contribution in [0.15, 0.2) is 36.8 Å². The molecule has 0 unspecified atom stereocenters. The summed E-state index contributed by atoms with van der Waals surface area (Å²) in [6, 6.07) is 5.51. The van der Waals surface area contributed by atoms with Crippen molar-refractivity contribution in [2.45, 2.75) is 13.3 Å². The van der Waals surface area contributed by atoms with Gasteiger partial charge in [0.25, 0.3) is 0 Å². The molecule has 1 atom stereocenters. The number of urea groups is 1. The Balaban J connectivity index is 1.56. The minimum atomic E-state index is -0.0930. The lowest BCUT2D eigenvalue weighted by molar-refractivity contribution is 0.113. The molecule has 7 heteroatoms. The number of ether oxygens (including phenoxy) is 1. The van der Waals surface area contributed by atoms with E-state index in [1.165, 1.54) is 0 Å². The molecule has 2 aromatic rings. The number of amides is 2. The van der Waals surface area contributed by atoms with Crippen LogP contribution in [0.25, 0.3) is 5.82 Å². The van der Waals surface area contributed by atoms with E-state index in [1.54, 1.807) is 23.3 Å². The summed E-state index contributed by atoms with van der Waals surface area (Å²) in [6.07, 6.45) is 6.08. The maximum Gasteiger partial charge on any atom is 0.321 e. The number of carbonyl (C=O) groups excluding carboxylic acids is 1. The number of anilines is 1. The number of hydrogen-bond donors (Lipinski definition) is 1. The van der Waals surface area contributed by atoms with Gasteiger partial charge in [-0.15, -0.1) is 0 Å². The van der Waals surface area contributed by atoms with E-state index in [0.29, 0.717) is 17.4 Å². The smallest absolute Gasteiger partial charge is 0.321 e. The number of carbonyl (C=O) groups is 1. The fourth-order valence-corrected chi connectivity index (χ4v) is 2.64. The molecule has 7 nitrogen and oxygen atoms in total. The van der Waals surface area contributed by atoms with Crippen molar-refractivity contribution in [1.82, 2.24) is 19.7 Å². The zero-order chi connectivity index (χ0) is 16.1. The van der Waals surface area contributed by atoms with Crippen LogP contribution >= 0.6 is 0 Å². The van der Waals surface area contributed by atoms with Crippen molar-refractivity contribution in [2.75, 3.05) is 31.6 Å². The maximum absolute atomic E-state index is 12.3. The lowest BCUT2D eigenvalue weighted by Gasteiger charge is -2.16. The summed E-state index contributed by atoms with van der Waals surface area (Å²) in [7, 11) is 0. The topological polar surface area (TPSA) is 72.3 Å². The van der Waals surface area contributed by atoms with Crippen LogP contribution in [0.5, 0.6) is 0 Å². The SMILES string of the molecule is CCOC[C@H]1CCN(C(=O)Nc2cnn(-c3ccccn3)c2)C1. The molecule has 1 aliphatic rings. The fourth-order valence-electron chi connectivity index (χ4n) is 2.64. The summed E-state index contributed by atoms with van der Waals surface area (Å²) in [6.45, 7) is 4.92. The Bertz CT molecular complexity index is 643. The number of aromatic nitrogens is 3.